The van der Waals surface area contributed by atoms with E-state index in [0.717, 1.165) is 4.47 Å². The summed E-state index contributed by atoms with van der Waals surface area (Å²) in [5.74, 6) is -0.244. The van der Waals surface area contributed by atoms with Crippen LogP contribution in [0, 0.1) is 0 Å². The summed E-state index contributed by atoms with van der Waals surface area (Å²) in [6, 6.07) is 6.32. The van der Waals surface area contributed by atoms with Crippen molar-refractivity contribution < 1.29 is 17.9 Å². The van der Waals surface area contributed by atoms with Gasteiger partial charge in [-0.2, -0.15) is 0 Å². The molecule has 1 amide bonds. The molecule has 20 heavy (non-hydrogen) atoms. The van der Waals surface area contributed by atoms with Gasteiger partial charge in [-0.25, -0.2) is 13.2 Å². The van der Waals surface area contributed by atoms with Crippen molar-refractivity contribution >= 4 is 31.9 Å². The van der Waals surface area contributed by atoms with E-state index >= 15 is 0 Å². The lowest BCUT2D eigenvalue weighted by atomic mass is 10.1. The number of carbonyl (C=O) groups is 1. The first kappa shape index (κ1) is 17.0. The molecule has 112 valence electrons. The number of nitrogens with one attached hydrogen (secondary N) is 1. The van der Waals surface area contributed by atoms with Crippen molar-refractivity contribution in [3.63, 3.8) is 0 Å². The summed E-state index contributed by atoms with van der Waals surface area (Å²) in [6.45, 7) is 5.26. The molecule has 0 saturated heterocycles. The molecule has 0 atom stereocenters. The smallest absolute Gasteiger partial charge is 0.407 e. The summed E-state index contributed by atoms with van der Waals surface area (Å²) in [7, 11) is -3.44. The number of hydrogen-bond acceptors (Lipinski definition) is 4. The second-order valence-electron chi connectivity index (χ2n) is 5.28. The van der Waals surface area contributed by atoms with Crippen molar-refractivity contribution in [1.82, 2.24) is 5.32 Å². The summed E-state index contributed by atoms with van der Waals surface area (Å²) in [4.78, 5) is 11.6. The maximum Gasteiger partial charge on any atom is 0.407 e. The van der Waals surface area contributed by atoms with Gasteiger partial charge in [0.05, 0.1) is 10.6 Å². The van der Waals surface area contributed by atoms with Crippen LogP contribution < -0.4 is 5.32 Å². The highest BCUT2D eigenvalue weighted by Crippen LogP contribution is 2.15. The Bertz CT molecular complexity index is 561. The Kier molecular flexibility index (Phi) is 5.59. The number of carbonyl (C=O) groups excluding carboxylic acids is 1. The van der Waals surface area contributed by atoms with Crippen LogP contribution >= 0.6 is 15.9 Å². The summed E-state index contributed by atoms with van der Waals surface area (Å²) in [6.07, 6.45) is -0.622. The molecule has 0 bridgehead atoms. The molecule has 0 radical (unpaired) electrons. The lowest BCUT2D eigenvalue weighted by molar-refractivity contribution is 0.144. The second kappa shape index (κ2) is 6.58. The predicted molar refractivity (Wildman–Crippen MR) is 80.4 cm³/mol. The van der Waals surface area contributed by atoms with E-state index in [1.54, 1.807) is 12.1 Å². The van der Waals surface area contributed by atoms with Crippen molar-refractivity contribution in [1.29, 1.82) is 0 Å². The third-order valence-corrected chi connectivity index (χ3v) is 4.46. The van der Waals surface area contributed by atoms with Gasteiger partial charge in [-0.1, -0.05) is 15.9 Å². The molecule has 0 aromatic heterocycles. The number of benzene rings is 1. The zero-order valence-corrected chi connectivity index (χ0v) is 14.0. The molecule has 0 spiro atoms. The fourth-order valence-corrected chi connectivity index (χ4v) is 2.70. The molecule has 1 aromatic carbocycles. The number of halogens is 1. The van der Waals surface area contributed by atoms with Gasteiger partial charge in [0.1, 0.15) is 6.61 Å². The third-order valence-electron chi connectivity index (χ3n) is 2.24. The molecule has 1 rings (SSSR count). The van der Waals surface area contributed by atoms with Gasteiger partial charge in [-0.3, -0.25) is 0 Å². The van der Waals surface area contributed by atoms with Crippen LogP contribution in [0.15, 0.2) is 33.6 Å². The number of rotatable bonds is 4. The van der Waals surface area contributed by atoms with Gasteiger partial charge in [0.15, 0.2) is 9.84 Å². The highest BCUT2D eigenvalue weighted by Gasteiger charge is 2.17. The highest BCUT2D eigenvalue weighted by molar-refractivity contribution is 9.10. The molecule has 0 aliphatic carbocycles. The fourth-order valence-electron chi connectivity index (χ4n) is 1.35. The minimum atomic E-state index is -3.44. The zero-order valence-electron chi connectivity index (χ0n) is 11.6. The first-order valence-electron chi connectivity index (χ1n) is 6.03. The molecule has 0 aliphatic heterocycles. The Morgan fingerprint density at radius 1 is 1.25 bits per heavy atom. The first-order chi connectivity index (χ1) is 9.10. The Balaban J connectivity index is 2.53. The lowest BCUT2D eigenvalue weighted by Crippen LogP contribution is -2.41. The van der Waals surface area contributed by atoms with E-state index in [-0.39, 0.29) is 17.3 Å². The van der Waals surface area contributed by atoms with E-state index in [9.17, 15) is 13.2 Å². The number of hydrogen-bond donors (Lipinski definition) is 1. The predicted octanol–water partition coefficient (Wildman–Crippen LogP) is 2.75. The van der Waals surface area contributed by atoms with Crippen LogP contribution in [0.4, 0.5) is 4.79 Å². The van der Waals surface area contributed by atoms with Gasteiger partial charge in [-0.05, 0) is 45.0 Å². The van der Waals surface area contributed by atoms with Crippen LogP contribution in [-0.4, -0.2) is 32.4 Å². The van der Waals surface area contributed by atoms with Crippen molar-refractivity contribution in [3.8, 4) is 0 Å². The molecule has 1 aromatic rings. The van der Waals surface area contributed by atoms with Crippen LogP contribution in [0.3, 0.4) is 0 Å². The first-order valence-corrected chi connectivity index (χ1v) is 8.48. The summed E-state index contributed by atoms with van der Waals surface area (Å²) in [5, 5.41) is 2.59. The van der Waals surface area contributed by atoms with E-state index in [1.165, 1.54) is 12.1 Å². The van der Waals surface area contributed by atoms with Gasteiger partial charge in [0, 0.05) is 10.0 Å². The molecular formula is C13H18BrNO4S. The van der Waals surface area contributed by atoms with Crippen LogP contribution in [0.1, 0.15) is 20.8 Å². The topological polar surface area (TPSA) is 72.5 Å². The molecule has 0 fully saturated rings. The largest absolute Gasteiger partial charge is 0.448 e. The van der Waals surface area contributed by atoms with E-state index in [2.05, 4.69) is 21.2 Å². The molecule has 5 nitrogen and oxygen atoms in total. The summed E-state index contributed by atoms with van der Waals surface area (Å²) in [5.41, 5.74) is -0.415. The summed E-state index contributed by atoms with van der Waals surface area (Å²) >= 11 is 3.24. The van der Waals surface area contributed by atoms with Gasteiger partial charge in [-0.15, -0.1) is 0 Å². The van der Waals surface area contributed by atoms with E-state index in [1.807, 2.05) is 20.8 Å². The van der Waals surface area contributed by atoms with Gasteiger partial charge in [0.2, 0.25) is 0 Å². The second-order valence-corrected chi connectivity index (χ2v) is 8.31. The summed E-state index contributed by atoms with van der Waals surface area (Å²) < 4.78 is 29.6. The van der Waals surface area contributed by atoms with Crippen LogP contribution in [-0.2, 0) is 14.6 Å². The monoisotopic (exact) mass is 363 g/mol. The Hall–Kier alpha value is -1.08. The van der Waals surface area contributed by atoms with Crippen LogP contribution in [0.5, 0.6) is 0 Å². The SMILES string of the molecule is CC(C)(C)NC(=O)OCCS(=O)(=O)c1ccc(Br)cc1. The maximum absolute atomic E-state index is 12.0. The Labute approximate surface area is 127 Å². The van der Waals surface area contributed by atoms with Crippen molar-refractivity contribution in [2.75, 3.05) is 12.4 Å². The van der Waals surface area contributed by atoms with Crippen molar-refractivity contribution in [2.24, 2.45) is 0 Å². The third kappa shape index (κ3) is 5.92. The average molecular weight is 364 g/mol. The zero-order chi connectivity index (χ0) is 15.4. The molecular weight excluding hydrogens is 346 g/mol. The number of sulfone groups is 1. The van der Waals surface area contributed by atoms with Crippen LogP contribution in [0.25, 0.3) is 0 Å². The lowest BCUT2D eigenvalue weighted by Gasteiger charge is -2.19. The molecule has 0 unspecified atom stereocenters. The van der Waals surface area contributed by atoms with Gasteiger partial charge >= 0.3 is 6.09 Å². The Morgan fingerprint density at radius 3 is 2.30 bits per heavy atom. The number of alkyl carbamates (subject to hydrolysis) is 1. The van der Waals surface area contributed by atoms with E-state index in [0.29, 0.717) is 0 Å². The van der Waals surface area contributed by atoms with Crippen molar-refractivity contribution in [2.45, 2.75) is 31.2 Å². The minimum Gasteiger partial charge on any atom is -0.448 e. The van der Waals surface area contributed by atoms with E-state index < -0.39 is 21.5 Å². The standard InChI is InChI=1S/C13H18BrNO4S/c1-13(2,3)15-12(16)19-8-9-20(17,18)11-6-4-10(14)5-7-11/h4-7H,8-9H2,1-3H3,(H,15,16). The number of amides is 1. The number of ether oxygens (including phenoxy) is 1. The van der Waals surface area contributed by atoms with Gasteiger partial charge in [0.25, 0.3) is 0 Å². The maximum atomic E-state index is 12.0. The van der Waals surface area contributed by atoms with Crippen LogP contribution in [0.2, 0.25) is 0 Å². The normalized spacial score (nSPS) is 12.0. The van der Waals surface area contributed by atoms with Crippen molar-refractivity contribution in [3.05, 3.63) is 28.7 Å². The highest BCUT2D eigenvalue weighted by atomic mass is 79.9. The van der Waals surface area contributed by atoms with Gasteiger partial charge < -0.3 is 10.1 Å². The molecule has 1 N–H and O–H groups in total. The quantitative estimate of drug-likeness (QED) is 0.892. The minimum absolute atomic E-state index is 0.180. The fraction of sp³-hybridized carbons (Fsp3) is 0.462. The van der Waals surface area contributed by atoms with E-state index in [4.69, 9.17) is 4.74 Å². The molecule has 0 aliphatic rings. The average Bonchev–Trinajstić information content (AvgIpc) is 2.26. The molecule has 0 saturated carbocycles. The molecule has 7 heteroatoms. The Morgan fingerprint density at radius 2 is 1.80 bits per heavy atom. The molecule has 0 heterocycles.